The minimum atomic E-state index is -0.179. The number of carbonyl (C=O) groups is 1. The number of aromatic nitrogens is 1. The molecule has 0 unspecified atom stereocenters. The number of hydrogen-bond acceptors (Lipinski definition) is 4. The maximum Gasteiger partial charge on any atom is 0.251 e. The highest BCUT2D eigenvalue weighted by atomic mass is 32.1. The molecule has 1 heterocycles. The molecule has 2 aromatic carbocycles. The van der Waals surface area contributed by atoms with E-state index in [1.165, 1.54) is 11.1 Å². The normalized spacial score (nSPS) is 11.9. The molecule has 0 saturated heterocycles. The summed E-state index contributed by atoms with van der Waals surface area (Å²) in [5.41, 5.74) is 3.50. The van der Waals surface area contributed by atoms with E-state index < -0.39 is 0 Å². The first-order chi connectivity index (χ1) is 13.6. The van der Waals surface area contributed by atoms with Crippen LogP contribution in [0.2, 0.25) is 0 Å². The molecule has 0 saturated carbocycles. The van der Waals surface area contributed by atoms with Gasteiger partial charge in [0.1, 0.15) is 5.75 Å². The highest BCUT2D eigenvalue weighted by Crippen LogP contribution is 2.23. The molecule has 3 aromatic rings. The van der Waals surface area contributed by atoms with Gasteiger partial charge in [-0.05, 0) is 50.1 Å². The van der Waals surface area contributed by atoms with E-state index in [1.807, 2.05) is 37.3 Å². The van der Waals surface area contributed by atoms with Crippen LogP contribution < -0.4 is 9.54 Å². The number of thiazole rings is 1. The van der Waals surface area contributed by atoms with Gasteiger partial charge < -0.3 is 14.0 Å². The number of nitrogens with zero attached hydrogens (tertiary/aromatic N) is 2. The predicted molar refractivity (Wildman–Crippen MR) is 113 cm³/mol. The third kappa shape index (κ3) is 5.09. The lowest BCUT2D eigenvalue weighted by molar-refractivity contribution is -0.118. The number of ether oxygens (including phenoxy) is 2. The predicted octanol–water partition coefficient (Wildman–Crippen LogP) is 4.25. The molecule has 1 aromatic heterocycles. The number of aryl methyl sites for hydroxylation is 2. The molecule has 3 rings (SSSR count). The van der Waals surface area contributed by atoms with Crippen LogP contribution in [0.4, 0.5) is 0 Å². The molecule has 0 atom stereocenters. The Bertz CT molecular complexity index is 1010. The Morgan fingerprint density at radius 2 is 1.93 bits per heavy atom. The Labute approximate surface area is 169 Å². The number of carbonyl (C=O) groups excluding carboxylic acids is 1. The second kappa shape index (κ2) is 9.66. The molecule has 6 heteroatoms. The number of para-hydroxylation sites is 1. The van der Waals surface area contributed by atoms with Gasteiger partial charge in [-0.1, -0.05) is 35.6 Å². The Kier molecular flexibility index (Phi) is 7.01. The fourth-order valence-electron chi connectivity index (χ4n) is 3.05. The van der Waals surface area contributed by atoms with Crippen molar-refractivity contribution < 1.29 is 14.3 Å². The van der Waals surface area contributed by atoms with Crippen molar-refractivity contribution in [1.29, 1.82) is 0 Å². The van der Waals surface area contributed by atoms with Crippen molar-refractivity contribution in [3.8, 4) is 5.75 Å². The molecule has 5 nitrogen and oxygen atoms in total. The molecule has 0 aliphatic rings. The smallest absolute Gasteiger partial charge is 0.251 e. The minimum absolute atomic E-state index is 0.179. The van der Waals surface area contributed by atoms with E-state index in [9.17, 15) is 4.79 Å². The summed E-state index contributed by atoms with van der Waals surface area (Å²) in [7, 11) is 0. The van der Waals surface area contributed by atoms with Crippen LogP contribution in [0.25, 0.3) is 10.2 Å². The lowest BCUT2D eigenvalue weighted by atomic mass is 10.1. The van der Waals surface area contributed by atoms with Crippen LogP contribution in [0.3, 0.4) is 0 Å². The van der Waals surface area contributed by atoms with Crippen molar-refractivity contribution in [2.45, 2.75) is 33.7 Å². The molecule has 1 amide bonds. The number of amides is 1. The van der Waals surface area contributed by atoms with Gasteiger partial charge in [-0.2, -0.15) is 4.99 Å². The highest BCUT2D eigenvalue weighted by Gasteiger charge is 2.11. The lowest BCUT2D eigenvalue weighted by Gasteiger charge is -2.07. The van der Waals surface area contributed by atoms with Crippen LogP contribution in [-0.4, -0.2) is 30.3 Å². The van der Waals surface area contributed by atoms with E-state index in [-0.39, 0.29) is 12.3 Å². The summed E-state index contributed by atoms with van der Waals surface area (Å²) in [6.45, 7) is 8.40. The molecule has 0 fully saturated rings. The second-order valence-corrected chi connectivity index (χ2v) is 7.56. The van der Waals surface area contributed by atoms with Crippen molar-refractivity contribution in [2.24, 2.45) is 4.99 Å². The number of hydrogen-bond donors (Lipinski definition) is 0. The minimum Gasteiger partial charge on any atom is -0.493 e. The topological polar surface area (TPSA) is 52.8 Å². The maximum atomic E-state index is 12.4. The van der Waals surface area contributed by atoms with Gasteiger partial charge >= 0.3 is 0 Å². The van der Waals surface area contributed by atoms with Gasteiger partial charge in [0, 0.05) is 13.2 Å². The first-order valence-corrected chi connectivity index (χ1v) is 10.3. The summed E-state index contributed by atoms with van der Waals surface area (Å²) in [5, 5.41) is 0. The summed E-state index contributed by atoms with van der Waals surface area (Å²) in [5.74, 6) is 0.581. The van der Waals surface area contributed by atoms with E-state index in [1.54, 1.807) is 11.3 Å². The number of benzene rings is 2. The molecule has 0 bridgehead atoms. The fraction of sp³-hybridized carbons (Fsp3) is 0.364. The average Bonchev–Trinajstić information content (AvgIpc) is 3.00. The van der Waals surface area contributed by atoms with E-state index in [2.05, 4.69) is 35.5 Å². The fourth-order valence-corrected chi connectivity index (χ4v) is 4.17. The van der Waals surface area contributed by atoms with Crippen LogP contribution in [0.1, 0.15) is 24.5 Å². The van der Waals surface area contributed by atoms with Gasteiger partial charge in [-0.3, -0.25) is 4.79 Å². The van der Waals surface area contributed by atoms with Gasteiger partial charge in [0.2, 0.25) is 0 Å². The zero-order chi connectivity index (χ0) is 19.9. The van der Waals surface area contributed by atoms with Gasteiger partial charge in [0.25, 0.3) is 5.91 Å². The third-order valence-electron chi connectivity index (χ3n) is 4.33. The second-order valence-electron chi connectivity index (χ2n) is 6.58. The van der Waals surface area contributed by atoms with Crippen LogP contribution in [-0.2, 0) is 16.1 Å². The molecule has 0 N–H and O–H groups in total. The third-order valence-corrected chi connectivity index (χ3v) is 5.56. The van der Waals surface area contributed by atoms with Crippen LogP contribution >= 0.6 is 11.3 Å². The van der Waals surface area contributed by atoms with Crippen LogP contribution in [0, 0.1) is 13.8 Å². The standard InChI is InChI=1S/C22H26N2O3S/c1-4-26-13-11-24-19-15-16(2)14-17(3)21(19)28-22(24)23-20(25)10-12-27-18-8-6-5-7-9-18/h5-9,14-15H,4,10-13H2,1-3H3. The molecule has 0 aliphatic heterocycles. The van der Waals surface area contributed by atoms with Crippen molar-refractivity contribution in [2.75, 3.05) is 19.8 Å². The SMILES string of the molecule is CCOCCn1c(=NC(=O)CCOc2ccccc2)sc2c(C)cc(C)cc21. The largest absolute Gasteiger partial charge is 0.493 e. The van der Waals surface area contributed by atoms with E-state index in [0.717, 1.165) is 16.0 Å². The van der Waals surface area contributed by atoms with Crippen LogP contribution in [0.15, 0.2) is 47.5 Å². The molecule has 28 heavy (non-hydrogen) atoms. The first kappa shape index (κ1) is 20.3. The van der Waals surface area contributed by atoms with Gasteiger partial charge in [0.05, 0.1) is 29.9 Å². The van der Waals surface area contributed by atoms with Gasteiger partial charge in [0.15, 0.2) is 4.80 Å². The Morgan fingerprint density at radius 3 is 2.68 bits per heavy atom. The summed E-state index contributed by atoms with van der Waals surface area (Å²) in [4.78, 5) is 17.5. The maximum absolute atomic E-state index is 12.4. The number of rotatable bonds is 8. The highest BCUT2D eigenvalue weighted by molar-refractivity contribution is 7.16. The summed E-state index contributed by atoms with van der Waals surface area (Å²) < 4.78 is 14.4. The van der Waals surface area contributed by atoms with Gasteiger partial charge in [-0.25, -0.2) is 0 Å². The lowest BCUT2D eigenvalue weighted by Crippen LogP contribution is -2.20. The Morgan fingerprint density at radius 1 is 1.14 bits per heavy atom. The van der Waals surface area contributed by atoms with Crippen molar-refractivity contribution in [1.82, 2.24) is 4.57 Å². The quantitative estimate of drug-likeness (QED) is 0.533. The molecule has 0 radical (unpaired) electrons. The monoisotopic (exact) mass is 398 g/mol. The molecular formula is C22H26N2O3S. The Balaban J connectivity index is 1.82. The zero-order valence-corrected chi connectivity index (χ0v) is 17.4. The van der Waals surface area contributed by atoms with Crippen molar-refractivity contribution in [3.63, 3.8) is 0 Å². The molecular weight excluding hydrogens is 372 g/mol. The van der Waals surface area contributed by atoms with Crippen molar-refractivity contribution in [3.05, 3.63) is 58.4 Å². The van der Waals surface area contributed by atoms with E-state index >= 15 is 0 Å². The molecule has 148 valence electrons. The van der Waals surface area contributed by atoms with E-state index in [0.29, 0.717) is 31.2 Å². The average molecular weight is 399 g/mol. The Hall–Kier alpha value is -2.44. The number of fused-ring (bicyclic) bond motifs is 1. The van der Waals surface area contributed by atoms with Crippen LogP contribution in [0.5, 0.6) is 5.75 Å². The first-order valence-electron chi connectivity index (χ1n) is 9.52. The van der Waals surface area contributed by atoms with E-state index in [4.69, 9.17) is 9.47 Å². The summed E-state index contributed by atoms with van der Waals surface area (Å²) in [6, 6.07) is 13.8. The summed E-state index contributed by atoms with van der Waals surface area (Å²) >= 11 is 1.55. The summed E-state index contributed by atoms with van der Waals surface area (Å²) in [6.07, 6.45) is 0.243. The molecule has 0 spiro atoms. The van der Waals surface area contributed by atoms with Gasteiger partial charge in [-0.15, -0.1) is 0 Å². The molecule has 0 aliphatic carbocycles. The van der Waals surface area contributed by atoms with Crippen molar-refractivity contribution >= 4 is 27.5 Å². The zero-order valence-electron chi connectivity index (χ0n) is 16.6.